The molecule has 4 rings (SSSR count). The summed E-state index contributed by atoms with van der Waals surface area (Å²) < 4.78 is 1.73. The molecule has 1 unspecified atom stereocenters. The van der Waals surface area contributed by atoms with Gasteiger partial charge >= 0.3 is 0 Å². The van der Waals surface area contributed by atoms with E-state index in [1.165, 1.54) is 11.3 Å². The number of rotatable bonds is 8. The second-order valence-corrected chi connectivity index (χ2v) is 9.31. The number of hydrogen-bond acceptors (Lipinski definition) is 7. The maximum Gasteiger partial charge on any atom is 0.281 e. The first-order valence-electron chi connectivity index (χ1n) is 11.1. The summed E-state index contributed by atoms with van der Waals surface area (Å²) in [6.07, 6.45) is 2.35. The molecule has 3 heterocycles. The Balaban J connectivity index is 1.60. The Morgan fingerprint density at radius 1 is 1.25 bits per heavy atom. The van der Waals surface area contributed by atoms with Gasteiger partial charge in [-0.15, -0.1) is 0 Å². The van der Waals surface area contributed by atoms with E-state index in [1.807, 2.05) is 56.1 Å². The molecule has 1 aromatic carbocycles. The van der Waals surface area contributed by atoms with E-state index in [2.05, 4.69) is 15.6 Å². The van der Waals surface area contributed by atoms with Crippen LogP contribution in [0.15, 0.2) is 35.1 Å². The molecule has 0 spiro atoms. The SMILES string of the molecule is CNCCc1nc2sc(N3CCCC3C(=O)NCc3ccccc3)nc2c(=O)n1C(C)C. The lowest BCUT2D eigenvalue weighted by atomic mass is 10.2. The molecule has 0 aliphatic carbocycles. The molecule has 9 heteroatoms. The number of thiazole rings is 1. The summed E-state index contributed by atoms with van der Waals surface area (Å²) in [7, 11) is 1.89. The maximum absolute atomic E-state index is 13.2. The van der Waals surface area contributed by atoms with E-state index in [0.29, 0.717) is 28.4 Å². The zero-order valence-corrected chi connectivity index (χ0v) is 19.6. The summed E-state index contributed by atoms with van der Waals surface area (Å²) in [5.74, 6) is 0.758. The van der Waals surface area contributed by atoms with E-state index in [-0.39, 0.29) is 23.6 Å². The molecule has 3 aromatic rings. The van der Waals surface area contributed by atoms with Crippen molar-refractivity contribution in [3.05, 3.63) is 52.1 Å². The van der Waals surface area contributed by atoms with Crippen molar-refractivity contribution in [3.63, 3.8) is 0 Å². The third-order valence-electron chi connectivity index (χ3n) is 5.75. The van der Waals surface area contributed by atoms with Gasteiger partial charge in [-0.3, -0.25) is 14.2 Å². The quantitative estimate of drug-likeness (QED) is 0.543. The molecule has 32 heavy (non-hydrogen) atoms. The molecule has 8 nitrogen and oxygen atoms in total. The zero-order valence-electron chi connectivity index (χ0n) is 18.8. The smallest absolute Gasteiger partial charge is 0.281 e. The molecule has 170 valence electrons. The monoisotopic (exact) mass is 454 g/mol. The molecular weight excluding hydrogens is 424 g/mol. The number of benzene rings is 1. The topological polar surface area (TPSA) is 92.2 Å². The van der Waals surface area contributed by atoms with Crippen LogP contribution in [0.25, 0.3) is 10.3 Å². The average molecular weight is 455 g/mol. The van der Waals surface area contributed by atoms with Crippen molar-refractivity contribution in [2.24, 2.45) is 0 Å². The highest BCUT2D eigenvalue weighted by atomic mass is 32.1. The molecule has 1 aliphatic rings. The first-order chi connectivity index (χ1) is 15.5. The van der Waals surface area contributed by atoms with Crippen molar-refractivity contribution in [1.82, 2.24) is 25.2 Å². The van der Waals surface area contributed by atoms with E-state index >= 15 is 0 Å². The molecule has 2 N–H and O–H groups in total. The molecule has 1 amide bonds. The molecule has 0 radical (unpaired) electrons. The van der Waals surface area contributed by atoms with Gasteiger partial charge in [0.1, 0.15) is 11.9 Å². The lowest BCUT2D eigenvalue weighted by Crippen LogP contribution is -2.43. The third-order valence-corrected chi connectivity index (χ3v) is 6.74. The molecule has 1 aliphatic heterocycles. The van der Waals surface area contributed by atoms with Crippen LogP contribution in [0, 0.1) is 0 Å². The molecule has 1 saturated heterocycles. The number of likely N-dealkylation sites (N-methyl/N-ethyl adjacent to an activating group) is 1. The maximum atomic E-state index is 13.2. The Kier molecular flexibility index (Phi) is 6.86. The van der Waals surface area contributed by atoms with Gasteiger partial charge in [-0.05, 0) is 39.3 Å². The fourth-order valence-electron chi connectivity index (χ4n) is 4.16. The van der Waals surface area contributed by atoms with E-state index in [9.17, 15) is 9.59 Å². The Bertz CT molecular complexity index is 1140. The van der Waals surface area contributed by atoms with Crippen molar-refractivity contribution in [3.8, 4) is 0 Å². The highest BCUT2D eigenvalue weighted by Gasteiger charge is 2.33. The van der Waals surface area contributed by atoms with Gasteiger partial charge in [0.2, 0.25) is 5.91 Å². The molecular formula is C23H30N6O2S. The second-order valence-electron chi connectivity index (χ2n) is 8.36. The van der Waals surface area contributed by atoms with Gasteiger partial charge in [0.25, 0.3) is 5.56 Å². The van der Waals surface area contributed by atoms with E-state index in [1.54, 1.807) is 4.57 Å². The normalized spacial score (nSPS) is 16.2. The summed E-state index contributed by atoms with van der Waals surface area (Å²) in [6, 6.07) is 9.60. The van der Waals surface area contributed by atoms with Crippen LogP contribution in [0.5, 0.6) is 0 Å². The number of amides is 1. The summed E-state index contributed by atoms with van der Waals surface area (Å²) >= 11 is 1.40. The fourth-order valence-corrected chi connectivity index (χ4v) is 5.18. The number of nitrogens with zero attached hydrogens (tertiary/aromatic N) is 4. The lowest BCUT2D eigenvalue weighted by molar-refractivity contribution is -0.122. The number of aromatic nitrogens is 3. The molecule has 0 bridgehead atoms. The zero-order chi connectivity index (χ0) is 22.7. The fraction of sp³-hybridized carbons (Fsp3) is 0.478. The highest BCUT2D eigenvalue weighted by molar-refractivity contribution is 7.21. The van der Waals surface area contributed by atoms with Gasteiger partial charge in [-0.25, -0.2) is 9.97 Å². The number of carbonyl (C=O) groups is 1. The van der Waals surface area contributed by atoms with Crippen LogP contribution in [0.1, 0.15) is 44.1 Å². The molecule has 2 aromatic heterocycles. The van der Waals surface area contributed by atoms with Gasteiger partial charge in [-0.2, -0.15) is 0 Å². The Hall–Kier alpha value is -2.78. The van der Waals surface area contributed by atoms with Crippen LogP contribution in [0.2, 0.25) is 0 Å². The number of nitrogens with one attached hydrogen (secondary N) is 2. The average Bonchev–Trinajstić information content (AvgIpc) is 3.43. The van der Waals surface area contributed by atoms with Crippen LogP contribution in [-0.4, -0.2) is 46.6 Å². The van der Waals surface area contributed by atoms with E-state index in [4.69, 9.17) is 4.98 Å². The van der Waals surface area contributed by atoms with Gasteiger partial charge < -0.3 is 15.5 Å². The van der Waals surface area contributed by atoms with Crippen LogP contribution >= 0.6 is 11.3 Å². The van der Waals surface area contributed by atoms with Crippen molar-refractivity contribution >= 4 is 32.7 Å². The minimum Gasteiger partial charge on any atom is -0.350 e. The summed E-state index contributed by atoms with van der Waals surface area (Å²) in [6.45, 7) is 5.96. The lowest BCUT2D eigenvalue weighted by Gasteiger charge is -2.23. The van der Waals surface area contributed by atoms with E-state index in [0.717, 1.165) is 37.3 Å². The number of hydrogen-bond donors (Lipinski definition) is 2. The van der Waals surface area contributed by atoms with Crippen LogP contribution in [0.3, 0.4) is 0 Å². The predicted molar refractivity (Wildman–Crippen MR) is 128 cm³/mol. The Morgan fingerprint density at radius 3 is 2.75 bits per heavy atom. The predicted octanol–water partition coefficient (Wildman–Crippen LogP) is 2.48. The van der Waals surface area contributed by atoms with Gasteiger partial charge in [0.15, 0.2) is 15.5 Å². The van der Waals surface area contributed by atoms with Crippen LogP contribution in [-0.2, 0) is 17.8 Å². The number of fused-ring (bicyclic) bond motifs is 1. The largest absolute Gasteiger partial charge is 0.350 e. The van der Waals surface area contributed by atoms with Gasteiger partial charge in [-0.1, -0.05) is 41.7 Å². The second kappa shape index (κ2) is 9.79. The Morgan fingerprint density at radius 2 is 2.03 bits per heavy atom. The highest BCUT2D eigenvalue weighted by Crippen LogP contribution is 2.32. The van der Waals surface area contributed by atoms with E-state index < -0.39 is 0 Å². The first kappa shape index (κ1) is 22.4. The summed E-state index contributed by atoms with van der Waals surface area (Å²) in [5, 5.41) is 6.87. The number of anilines is 1. The number of carbonyl (C=O) groups excluding carboxylic acids is 1. The molecule has 0 saturated carbocycles. The van der Waals surface area contributed by atoms with Gasteiger partial charge in [0, 0.05) is 32.1 Å². The molecule has 1 fully saturated rings. The van der Waals surface area contributed by atoms with Crippen molar-refractivity contribution in [1.29, 1.82) is 0 Å². The van der Waals surface area contributed by atoms with Gasteiger partial charge in [0.05, 0.1) is 0 Å². The van der Waals surface area contributed by atoms with Crippen LogP contribution < -0.4 is 21.1 Å². The van der Waals surface area contributed by atoms with Crippen LogP contribution in [0.4, 0.5) is 5.13 Å². The third kappa shape index (κ3) is 4.54. The van der Waals surface area contributed by atoms with Crippen molar-refractivity contribution < 1.29 is 4.79 Å². The molecule has 1 atom stereocenters. The summed E-state index contributed by atoms with van der Waals surface area (Å²) in [5.41, 5.74) is 1.35. The summed E-state index contributed by atoms with van der Waals surface area (Å²) in [4.78, 5) is 38.3. The van der Waals surface area contributed by atoms with Crippen molar-refractivity contribution in [2.75, 3.05) is 25.0 Å². The minimum absolute atomic E-state index is 0.000273. The standard InChI is InChI=1S/C23H30N6O2S/c1-15(2)29-18(11-12-24-3)26-21-19(22(29)31)27-23(32-21)28-13-7-10-17(28)20(30)25-14-16-8-5-4-6-9-16/h4-6,8-9,15,17,24H,7,10-14H2,1-3H3,(H,25,30). The van der Waals surface area contributed by atoms with Crippen molar-refractivity contribution in [2.45, 2.75) is 51.7 Å². The first-order valence-corrected chi connectivity index (χ1v) is 12.0. The Labute approximate surface area is 191 Å². The minimum atomic E-state index is -0.282.